The van der Waals surface area contributed by atoms with Gasteiger partial charge in [0, 0.05) is 11.4 Å². The fourth-order valence-electron chi connectivity index (χ4n) is 1.56. The van der Waals surface area contributed by atoms with Gasteiger partial charge >= 0.3 is 6.18 Å². The molecule has 0 aliphatic heterocycles. The fourth-order valence-corrected chi connectivity index (χ4v) is 1.92. The molecule has 0 aliphatic rings. The van der Waals surface area contributed by atoms with Gasteiger partial charge in [-0.05, 0) is 20.1 Å². The molecule has 0 atom stereocenters. The van der Waals surface area contributed by atoms with Crippen LogP contribution in [0.4, 0.5) is 13.2 Å². The second-order valence-electron chi connectivity index (χ2n) is 3.59. The first-order valence-corrected chi connectivity index (χ1v) is 6.33. The number of aryl methyl sites for hydroxylation is 2. The van der Waals surface area contributed by atoms with E-state index in [0.29, 0.717) is 6.54 Å². The van der Waals surface area contributed by atoms with Gasteiger partial charge in [-0.25, -0.2) is 0 Å². The Balaban J connectivity index is 3.09. The summed E-state index contributed by atoms with van der Waals surface area (Å²) in [6, 6.07) is 0. The van der Waals surface area contributed by atoms with Crippen molar-refractivity contribution in [2.75, 3.05) is 12.0 Å². The minimum absolute atomic E-state index is 0.130. The van der Waals surface area contributed by atoms with E-state index in [0.717, 1.165) is 5.75 Å². The summed E-state index contributed by atoms with van der Waals surface area (Å²) < 4.78 is 38.5. The third-order valence-electron chi connectivity index (χ3n) is 2.37. The van der Waals surface area contributed by atoms with Crippen LogP contribution in [0.1, 0.15) is 21.7 Å². The monoisotopic (exact) mass is 266 g/mol. The Morgan fingerprint density at radius 1 is 1.41 bits per heavy atom. The lowest BCUT2D eigenvalue weighted by Crippen LogP contribution is -2.24. The highest BCUT2D eigenvalue weighted by atomic mass is 32.2. The first-order valence-electron chi connectivity index (χ1n) is 4.93. The van der Waals surface area contributed by atoms with Gasteiger partial charge in [0.1, 0.15) is 0 Å². The first-order chi connectivity index (χ1) is 7.79. The van der Waals surface area contributed by atoms with E-state index in [1.807, 2.05) is 6.26 Å². The number of Topliss-reactive ketones (excluding diaryl/α,β-unsaturated/α-hetero) is 1. The maximum Gasteiger partial charge on any atom is 0.455 e. The Morgan fingerprint density at radius 3 is 2.47 bits per heavy atom. The van der Waals surface area contributed by atoms with Crippen molar-refractivity contribution < 1.29 is 18.0 Å². The van der Waals surface area contributed by atoms with Gasteiger partial charge in [0.15, 0.2) is 0 Å². The van der Waals surface area contributed by atoms with Crippen molar-refractivity contribution in [2.45, 2.75) is 26.6 Å². The van der Waals surface area contributed by atoms with E-state index in [1.165, 1.54) is 18.5 Å². The molecule has 0 saturated carbocycles. The van der Waals surface area contributed by atoms with E-state index in [9.17, 15) is 18.0 Å². The summed E-state index contributed by atoms with van der Waals surface area (Å²) in [6.07, 6.45) is -2.95. The molecule has 1 heterocycles. The maximum atomic E-state index is 12.4. The lowest BCUT2D eigenvalue weighted by atomic mass is 10.1. The zero-order chi connectivity index (χ0) is 13.2. The van der Waals surface area contributed by atoms with Crippen LogP contribution in [0.5, 0.6) is 0 Å². The number of hydrogen-bond acceptors (Lipinski definition) is 3. The summed E-state index contributed by atoms with van der Waals surface area (Å²) >= 11 is 1.57. The predicted octanol–water partition coefficient (Wildman–Crippen LogP) is 2.61. The molecule has 0 spiro atoms. The van der Waals surface area contributed by atoms with Crippen LogP contribution in [-0.2, 0) is 6.54 Å². The number of hydrogen-bond donors (Lipinski definition) is 0. The average molecular weight is 266 g/mol. The van der Waals surface area contributed by atoms with Crippen molar-refractivity contribution in [3.8, 4) is 0 Å². The Kier molecular flexibility index (Phi) is 4.24. The molecule has 0 radical (unpaired) electrons. The third kappa shape index (κ3) is 3.02. The van der Waals surface area contributed by atoms with Crippen LogP contribution in [0.25, 0.3) is 0 Å². The van der Waals surface area contributed by atoms with Gasteiger partial charge in [-0.2, -0.15) is 30.0 Å². The van der Waals surface area contributed by atoms with Gasteiger partial charge in [-0.3, -0.25) is 9.48 Å². The fraction of sp³-hybridized carbons (Fsp3) is 0.600. The van der Waals surface area contributed by atoms with Crippen LogP contribution in [0.3, 0.4) is 0 Å². The van der Waals surface area contributed by atoms with E-state index < -0.39 is 12.0 Å². The van der Waals surface area contributed by atoms with Crippen LogP contribution in [0.15, 0.2) is 0 Å². The van der Waals surface area contributed by atoms with Crippen molar-refractivity contribution in [3.63, 3.8) is 0 Å². The van der Waals surface area contributed by atoms with E-state index >= 15 is 0 Å². The summed E-state index contributed by atoms with van der Waals surface area (Å²) in [5, 5.41) is 3.96. The molecule has 17 heavy (non-hydrogen) atoms. The molecule has 96 valence electrons. The van der Waals surface area contributed by atoms with E-state index in [-0.39, 0.29) is 17.0 Å². The SMILES string of the molecule is CSCCn1nc(C)c(C(=O)C(F)(F)F)c1C. The minimum atomic E-state index is -4.84. The Bertz CT molecular complexity index is 426. The summed E-state index contributed by atoms with van der Waals surface area (Å²) in [7, 11) is 0. The van der Waals surface area contributed by atoms with Crippen molar-refractivity contribution in [3.05, 3.63) is 17.0 Å². The number of carbonyl (C=O) groups excluding carboxylic acids is 1. The van der Waals surface area contributed by atoms with Crippen molar-refractivity contribution in [1.29, 1.82) is 0 Å². The predicted molar refractivity (Wildman–Crippen MR) is 60.5 cm³/mol. The maximum absolute atomic E-state index is 12.4. The van der Waals surface area contributed by atoms with Crippen molar-refractivity contribution in [1.82, 2.24) is 9.78 Å². The van der Waals surface area contributed by atoms with E-state index in [4.69, 9.17) is 0 Å². The van der Waals surface area contributed by atoms with Crippen LogP contribution >= 0.6 is 11.8 Å². The lowest BCUT2D eigenvalue weighted by Gasteiger charge is -2.06. The molecule has 7 heteroatoms. The number of alkyl halides is 3. The molecule has 1 rings (SSSR count). The van der Waals surface area contributed by atoms with Gasteiger partial charge in [0.25, 0.3) is 5.78 Å². The summed E-state index contributed by atoms with van der Waals surface area (Å²) in [4.78, 5) is 11.2. The molecule has 0 aliphatic carbocycles. The summed E-state index contributed by atoms with van der Waals surface area (Å²) in [5.41, 5.74) is 0.0865. The van der Waals surface area contributed by atoms with Gasteiger partial charge in [0.2, 0.25) is 0 Å². The molecular formula is C10H13F3N2OS. The molecule has 1 aromatic heterocycles. The standard InChI is InChI=1S/C10H13F3N2OS/c1-6-8(9(16)10(11,12)13)7(2)15(14-6)4-5-17-3/h4-5H2,1-3H3. The second-order valence-corrected chi connectivity index (χ2v) is 4.57. The lowest BCUT2D eigenvalue weighted by molar-refractivity contribution is -0.0886. The van der Waals surface area contributed by atoms with Gasteiger partial charge in [0.05, 0.1) is 17.8 Å². The van der Waals surface area contributed by atoms with Crippen molar-refractivity contribution in [2.24, 2.45) is 0 Å². The quantitative estimate of drug-likeness (QED) is 0.786. The highest BCUT2D eigenvalue weighted by Crippen LogP contribution is 2.25. The normalized spacial score (nSPS) is 11.9. The molecule has 0 fully saturated rings. The highest BCUT2D eigenvalue weighted by molar-refractivity contribution is 7.98. The van der Waals surface area contributed by atoms with E-state index in [1.54, 1.807) is 11.8 Å². The van der Waals surface area contributed by atoms with Gasteiger partial charge in [-0.1, -0.05) is 0 Å². The molecule has 0 N–H and O–H groups in total. The zero-order valence-electron chi connectivity index (χ0n) is 9.76. The molecular weight excluding hydrogens is 253 g/mol. The third-order valence-corrected chi connectivity index (χ3v) is 2.96. The van der Waals surface area contributed by atoms with Crippen LogP contribution < -0.4 is 0 Å². The molecule has 0 bridgehead atoms. The second kappa shape index (κ2) is 5.12. The smallest absolute Gasteiger partial charge is 0.284 e. The summed E-state index contributed by atoms with van der Waals surface area (Å²) in [5.74, 6) is -1.08. The zero-order valence-corrected chi connectivity index (χ0v) is 10.6. The van der Waals surface area contributed by atoms with Crippen LogP contribution in [0.2, 0.25) is 0 Å². The number of carbonyl (C=O) groups is 1. The summed E-state index contributed by atoms with van der Waals surface area (Å²) in [6.45, 7) is 3.40. The van der Waals surface area contributed by atoms with Gasteiger partial charge < -0.3 is 0 Å². The number of rotatable bonds is 4. The number of thioether (sulfide) groups is 1. The van der Waals surface area contributed by atoms with Crippen LogP contribution in [0, 0.1) is 13.8 Å². The van der Waals surface area contributed by atoms with E-state index in [2.05, 4.69) is 5.10 Å². The average Bonchev–Trinajstić information content (AvgIpc) is 2.49. The topological polar surface area (TPSA) is 34.9 Å². The molecule has 1 aromatic rings. The Labute approximate surface area is 101 Å². The number of nitrogens with zero attached hydrogens (tertiary/aromatic N) is 2. The molecule has 0 unspecified atom stereocenters. The Hall–Kier alpha value is -0.980. The highest BCUT2D eigenvalue weighted by Gasteiger charge is 2.42. The largest absolute Gasteiger partial charge is 0.455 e. The number of halogens is 3. The van der Waals surface area contributed by atoms with Gasteiger partial charge in [-0.15, -0.1) is 0 Å². The molecule has 3 nitrogen and oxygen atoms in total. The minimum Gasteiger partial charge on any atom is -0.284 e. The Morgan fingerprint density at radius 2 is 2.00 bits per heavy atom. The molecule has 0 saturated heterocycles. The number of ketones is 1. The number of aromatic nitrogens is 2. The molecule has 0 amide bonds. The first kappa shape index (κ1) is 14.1. The van der Waals surface area contributed by atoms with Crippen molar-refractivity contribution >= 4 is 17.5 Å². The van der Waals surface area contributed by atoms with Crippen LogP contribution in [-0.4, -0.2) is 33.7 Å². The molecule has 0 aromatic carbocycles.